The van der Waals surface area contributed by atoms with Gasteiger partial charge in [0, 0.05) is 0 Å². The molecule has 0 spiro atoms. The van der Waals surface area contributed by atoms with Crippen LogP contribution >= 0.6 is 0 Å². The number of fused-ring (bicyclic) bond motifs is 2. The summed E-state index contributed by atoms with van der Waals surface area (Å²) in [6.07, 6.45) is 7.75. The van der Waals surface area contributed by atoms with Gasteiger partial charge >= 0.3 is 0 Å². The van der Waals surface area contributed by atoms with E-state index < -0.39 is 0 Å². The summed E-state index contributed by atoms with van der Waals surface area (Å²) in [5.41, 5.74) is 0. The van der Waals surface area contributed by atoms with Gasteiger partial charge in [-0.1, -0.05) is 32.9 Å². The third kappa shape index (κ3) is 2.63. The Labute approximate surface area is 94.3 Å². The lowest BCUT2D eigenvalue weighted by molar-refractivity contribution is 0.354. The molecule has 1 saturated carbocycles. The van der Waals surface area contributed by atoms with E-state index in [1.165, 1.54) is 25.9 Å². The van der Waals surface area contributed by atoms with Gasteiger partial charge in [0.15, 0.2) is 0 Å². The van der Waals surface area contributed by atoms with Crippen LogP contribution < -0.4 is 5.32 Å². The molecular formula is C14H25N. The Morgan fingerprint density at radius 3 is 2.53 bits per heavy atom. The molecule has 2 aliphatic rings. The number of rotatable bonds is 5. The molecule has 15 heavy (non-hydrogen) atoms. The van der Waals surface area contributed by atoms with Crippen molar-refractivity contribution in [1.29, 1.82) is 0 Å². The zero-order valence-electron chi connectivity index (χ0n) is 10.4. The normalized spacial score (nSPS) is 35.3. The molecule has 0 heterocycles. The zero-order valence-corrected chi connectivity index (χ0v) is 10.4. The minimum absolute atomic E-state index is 0.803. The third-order valence-corrected chi connectivity index (χ3v) is 4.43. The number of nitrogens with one attached hydrogen (secondary N) is 1. The maximum absolute atomic E-state index is 3.66. The molecule has 0 saturated heterocycles. The Morgan fingerprint density at radius 2 is 2.00 bits per heavy atom. The van der Waals surface area contributed by atoms with E-state index in [1.54, 1.807) is 0 Å². The molecule has 0 amide bonds. The van der Waals surface area contributed by atoms with Crippen LogP contribution in [0.25, 0.3) is 0 Å². The SMILES string of the molecule is CC(C)[C@H](C)CNCC1CC2C=CC1C2. The monoisotopic (exact) mass is 207 g/mol. The molecule has 1 heteroatoms. The van der Waals surface area contributed by atoms with Crippen molar-refractivity contribution in [1.82, 2.24) is 5.32 Å². The second-order valence-corrected chi connectivity index (χ2v) is 5.92. The smallest absolute Gasteiger partial charge is 0.00146 e. The molecule has 1 N–H and O–H groups in total. The maximum Gasteiger partial charge on any atom is -0.00146 e. The first-order valence-corrected chi connectivity index (χ1v) is 6.56. The minimum atomic E-state index is 0.803. The van der Waals surface area contributed by atoms with Crippen molar-refractivity contribution in [2.75, 3.05) is 13.1 Å². The van der Waals surface area contributed by atoms with Crippen molar-refractivity contribution in [3.8, 4) is 0 Å². The first-order chi connectivity index (χ1) is 7.16. The molecule has 3 unspecified atom stereocenters. The average molecular weight is 207 g/mol. The Bertz CT molecular complexity index is 231. The first-order valence-electron chi connectivity index (χ1n) is 6.56. The molecule has 1 nitrogen and oxygen atoms in total. The van der Waals surface area contributed by atoms with Gasteiger partial charge in [-0.2, -0.15) is 0 Å². The van der Waals surface area contributed by atoms with Crippen LogP contribution in [0, 0.1) is 29.6 Å². The molecule has 2 bridgehead atoms. The van der Waals surface area contributed by atoms with Gasteiger partial charge in [-0.05, 0) is 55.5 Å². The van der Waals surface area contributed by atoms with Gasteiger partial charge in [0.05, 0.1) is 0 Å². The van der Waals surface area contributed by atoms with E-state index in [4.69, 9.17) is 0 Å². The van der Waals surface area contributed by atoms with E-state index in [2.05, 4.69) is 38.2 Å². The lowest BCUT2D eigenvalue weighted by Crippen LogP contribution is -2.30. The van der Waals surface area contributed by atoms with Gasteiger partial charge in [0.1, 0.15) is 0 Å². The topological polar surface area (TPSA) is 12.0 Å². The number of allylic oxidation sites excluding steroid dienone is 2. The Balaban J connectivity index is 1.65. The van der Waals surface area contributed by atoms with Gasteiger partial charge in [0.25, 0.3) is 0 Å². The van der Waals surface area contributed by atoms with Gasteiger partial charge in [-0.15, -0.1) is 0 Å². The minimum Gasteiger partial charge on any atom is -0.316 e. The maximum atomic E-state index is 3.66. The lowest BCUT2D eigenvalue weighted by Gasteiger charge is -2.21. The number of hydrogen-bond acceptors (Lipinski definition) is 1. The van der Waals surface area contributed by atoms with Crippen LogP contribution in [0.2, 0.25) is 0 Å². The van der Waals surface area contributed by atoms with Crippen molar-refractivity contribution in [3.63, 3.8) is 0 Å². The molecule has 86 valence electrons. The van der Waals surface area contributed by atoms with Gasteiger partial charge < -0.3 is 5.32 Å². The van der Waals surface area contributed by atoms with E-state index in [-0.39, 0.29) is 0 Å². The average Bonchev–Trinajstić information content (AvgIpc) is 2.78. The summed E-state index contributed by atoms with van der Waals surface area (Å²) in [6, 6.07) is 0. The highest BCUT2D eigenvalue weighted by atomic mass is 14.9. The molecule has 0 aromatic heterocycles. The van der Waals surface area contributed by atoms with Crippen LogP contribution in [0.1, 0.15) is 33.6 Å². The Hall–Kier alpha value is -0.300. The summed E-state index contributed by atoms with van der Waals surface area (Å²) < 4.78 is 0. The number of hydrogen-bond donors (Lipinski definition) is 1. The largest absolute Gasteiger partial charge is 0.316 e. The molecule has 1 fully saturated rings. The van der Waals surface area contributed by atoms with Crippen molar-refractivity contribution in [3.05, 3.63) is 12.2 Å². The van der Waals surface area contributed by atoms with Gasteiger partial charge in [-0.25, -0.2) is 0 Å². The van der Waals surface area contributed by atoms with E-state index in [9.17, 15) is 0 Å². The zero-order chi connectivity index (χ0) is 10.8. The molecule has 0 radical (unpaired) electrons. The Morgan fingerprint density at radius 1 is 1.20 bits per heavy atom. The summed E-state index contributed by atoms with van der Waals surface area (Å²) in [6.45, 7) is 9.40. The standard InChI is InChI=1S/C14H25N/c1-10(2)11(3)8-15-9-14-7-12-4-5-13(14)6-12/h4-5,10-15H,6-9H2,1-3H3/t11-,12?,13?,14?/m1/s1. The van der Waals surface area contributed by atoms with Crippen LogP contribution in [-0.4, -0.2) is 13.1 Å². The molecule has 2 aliphatic carbocycles. The van der Waals surface area contributed by atoms with Crippen LogP contribution in [0.3, 0.4) is 0 Å². The molecular weight excluding hydrogens is 182 g/mol. The van der Waals surface area contributed by atoms with E-state index in [0.29, 0.717) is 0 Å². The summed E-state index contributed by atoms with van der Waals surface area (Å²) in [5.74, 6) is 4.36. The second kappa shape index (κ2) is 4.69. The van der Waals surface area contributed by atoms with Crippen LogP contribution in [0.15, 0.2) is 12.2 Å². The molecule has 2 rings (SSSR count). The van der Waals surface area contributed by atoms with Crippen molar-refractivity contribution in [2.45, 2.75) is 33.6 Å². The highest BCUT2D eigenvalue weighted by molar-refractivity contribution is 5.10. The molecule has 0 aromatic rings. The predicted octanol–water partition coefficient (Wildman–Crippen LogP) is 3.08. The van der Waals surface area contributed by atoms with E-state index >= 15 is 0 Å². The van der Waals surface area contributed by atoms with Gasteiger partial charge in [0.2, 0.25) is 0 Å². The predicted molar refractivity (Wildman–Crippen MR) is 65.7 cm³/mol. The fourth-order valence-corrected chi connectivity index (χ4v) is 2.86. The highest BCUT2D eigenvalue weighted by Crippen LogP contribution is 2.42. The van der Waals surface area contributed by atoms with Crippen LogP contribution in [0.4, 0.5) is 0 Å². The molecule has 0 aliphatic heterocycles. The summed E-state index contributed by atoms with van der Waals surface area (Å²) in [4.78, 5) is 0. The molecule has 4 atom stereocenters. The fraction of sp³-hybridized carbons (Fsp3) is 0.857. The van der Waals surface area contributed by atoms with E-state index in [0.717, 1.165) is 29.6 Å². The van der Waals surface area contributed by atoms with E-state index in [1.807, 2.05) is 0 Å². The quantitative estimate of drug-likeness (QED) is 0.683. The summed E-state index contributed by atoms with van der Waals surface area (Å²) in [7, 11) is 0. The second-order valence-electron chi connectivity index (χ2n) is 5.92. The molecule has 0 aromatic carbocycles. The fourth-order valence-electron chi connectivity index (χ4n) is 2.86. The summed E-state index contributed by atoms with van der Waals surface area (Å²) >= 11 is 0. The lowest BCUT2D eigenvalue weighted by atomic mass is 9.93. The van der Waals surface area contributed by atoms with Crippen molar-refractivity contribution < 1.29 is 0 Å². The van der Waals surface area contributed by atoms with Crippen LogP contribution in [-0.2, 0) is 0 Å². The highest BCUT2D eigenvalue weighted by Gasteiger charge is 2.34. The van der Waals surface area contributed by atoms with Crippen LogP contribution in [0.5, 0.6) is 0 Å². The van der Waals surface area contributed by atoms with Crippen molar-refractivity contribution in [2.24, 2.45) is 29.6 Å². The van der Waals surface area contributed by atoms with Gasteiger partial charge in [-0.3, -0.25) is 0 Å². The third-order valence-electron chi connectivity index (χ3n) is 4.43. The first kappa shape index (κ1) is 11.2. The Kier molecular flexibility index (Phi) is 3.50. The van der Waals surface area contributed by atoms with Crippen molar-refractivity contribution >= 4 is 0 Å². The summed E-state index contributed by atoms with van der Waals surface area (Å²) in [5, 5.41) is 3.66.